The van der Waals surface area contributed by atoms with Crippen LogP contribution in [-0.4, -0.2) is 5.97 Å². The normalized spacial score (nSPS) is 20.8. The summed E-state index contributed by atoms with van der Waals surface area (Å²) in [5.41, 5.74) is 2.01. The minimum Gasteiger partial charge on any atom is -0.292 e. The van der Waals surface area contributed by atoms with E-state index >= 15 is 0 Å². The van der Waals surface area contributed by atoms with Crippen LogP contribution in [0.15, 0.2) is 24.3 Å². The molecule has 133 valence electrons. The molecule has 1 aromatic carbocycles. The van der Waals surface area contributed by atoms with Crippen LogP contribution in [0.3, 0.4) is 0 Å². The smallest absolute Gasteiger partial charge is 0.292 e. The lowest BCUT2D eigenvalue weighted by Gasteiger charge is -2.36. The first kappa shape index (κ1) is 19.0. The first-order valence-electron chi connectivity index (χ1n) is 9.22. The summed E-state index contributed by atoms with van der Waals surface area (Å²) in [6, 6.07) is 7.66. The van der Waals surface area contributed by atoms with Gasteiger partial charge in [-0.05, 0) is 61.1 Å². The molecule has 1 atom stereocenters. The van der Waals surface area contributed by atoms with Crippen molar-refractivity contribution in [1.29, 1.82) is 0 Å². The van der Waals surface area contributed by atoms with E-state index < -0.39 is 5.97 Å². The van der Waals surface area contributed by atoms with Gasteiger partial charge in [-0.15, -0.1) is 0 Å². The second-order valence-corrected chi connectivity index (χ2v) is 8.00. The molecule has 0 aromatic heterocycles. The van der Waals surface area contributed by atoms with Crippen LogP contribution in [-0.2, 0) is 16.2 Å². The topological polar surface area (TPSA) is 35.5 Å². The third-order valence-corrected chi connectivity index (χ3v) is 4.65. The Kier molecular flexibility index (Phi) is 6.85. The molecular weight excluding hydrogens is 300 g/mol. The fourth-order valence-corrected chi connectivity index (χ4v) is 3.68. The molecule has 1 aliphatic carbocycles. The van der Waals surface area contributed by atoms with Crippen molar-refractivity contribution in [3.63, 3.8) is 0 Å². The minimum absolute atomic E-state index is 0.208. The van der Waals surface area contributed by atoms with Gasteiger partial charge in [0.05, 0.1) is 5.56 Å². The van der Waals surface area contributed by atoms with Gasteiger partial charge >= 0.3 is 5.97 Å². The Morgan fingerprint density at radius 3 is 2.54 bits per heavy atom. The lowest BCUT2D eigenvalue weighted by molar-refractivity contribution is -0.245. The van der Waals surface area contributed by atoms with Crippen LogP contribution in [0.4, 0.5) is 0 Å². The molecule has 1 aliphatic rings. The lowest BCUT2D eigenvalue weighted by Crippen LogP contribution is -2.28. The summed E-state index contributed by atoms with van der Waals surface area (Å²) < 4.78 is 0. The Morgan fingerprint density at radius 1 is 1.21 bits per heavy atom. The van der Waals surface area contributed by atoms with Gasteiger partial charge in [0.1, 0.15) is 6.10 Å². The van der Waals surface area contributed by atoms with Gasteiger partial charge in [0, 0.05) is 0 Å². The largest absolute Gasteiger partial charge is 0.373 e. The Labute approximate surface area is 146 Å². The van der Waals surface area contributed by atoms with Crippen LogP contribution < -0.4 is 0 Å². The zero-order valence-corrected chi connectivity index (χ0v) is 15.6. The summed E-state index contributed by atoms with van der Waals surface area (Å²) in [5.74, 6) is 0.142. The van der Waals surface area contributed by atoms with Gasteiger partial charge in [0.2, 0.25) is 0 Å². The van der Waals surface area contributed by atoms with E-state index in [1.807, 2.05) is 24.3 Å². The van der Waals surface area contributed by atoms with Crippen LogP contribution >= 0.6 is 0 Å². The van der Waals surface area contributed by atoms with Gasteiger partial charge < -0.3 is 0 Å². The van der Waals surface area contributed by atoms with Crippen LogP contribution in [0.5, 0.6) is 0 Å². The zero-order valence-electron chi connectivity index (χ0n) is 15.6. The summed E-state index contributed by atoms with van der Waals surface area (Å²) in [6.45, 7) is 8.87. The van der Waals surface area contributed by atoms with E-state index in [-0.39, 0.29) is 5.41 Å². The average molecular weight is 331 g/mol. The first-order valence-corrected chi connectivity index (χ1v) is 9.22. The number of hydrogen-bond donors (Lipinski definition) is 0. The Balaban J connectivity index is 1.82. The predicted octanol–water partition coefficient (Wildman–Crippen LogP) is 5.89. The van der Waals surface area contributed by atoms with Crippen molar-refractivity contribution in [1.82, 2.24) is 0 Å². The number of aryl methyl sites for hydroxylation is 1. The molecule has 1 unspecified atom stereocenters. The van der Waals surface area contributed by atoms with Gasteiger partial charge in [-0.25, -0.2) is 4.79 Å². The van der Waals surface area contributed by atoms with Crippen molar-refractivity contribution in [2.75, 3.05) is 0 Å². The number of carbonyl (C=O) groups excluding carboxylic acids is 1. The molecule has 0 heterocycles. The maximum atomic E-state index is 12.1. The molecule has 1 fully saturated rings. The Bertz CT molecular complexity index is 518. The molecule has 1 aromatic rings. The molecule has 1 radical (unpaired) electrons. The van der Waals surface area contributed by atoms with Gasteiger partial charge in [-0.1, -0.05) is 52.7 Å². The second-order valence-electron chi connectivity index (χ2n) is 8.00. The summed E-state index contributed by atoms with van der Waals surface area (Å²) >= 11 is 0. The third kappa shape index (κ3) is 5.94. The monoisotopic (exact) mass is 331 g/mol. The highest BCUT2D eigenvalue weighted by molar-refractivity contribution is 5.88. The minimum atomic E-state index is -0.418. The van der Waals surface area contributed by atoms with Crippen LogP contribution in [0, 0.1) is 17.4 Å². The molecule has 0 N–H and O–H groups in total. The van der Waals surface area contributed by atoms with Crippen molar-refractivity contribution < 1.29 is 14.6 Å². The summed E-state index contributed by atoms with van der Waals surface area (Å²) in [4.78, 5) is 22.6. The lowest BCUT2D eigenvalue weighted by atomic mass is 9.71. The first-order chi connectivity index (χ1) is 11.4. The molecule has 2 rings (SSSR count). The maximum absolute atomic E-state index is 12.1. The second kappa shape index (κ2) is 8.66. The van der Waals surface area contributed by atoms with E-state index in [4.69, 9.17) is 9.78 Å². The quantitative estimate of drug-likeness (QED) is 0.355. The van der Waals surface area contributed by atoms with Gasteiger partial charge in [-0.3, -0.25) is 4.89 Å². The van der Waals surface area contributed by atoms with E-state index in [9.17, 15) is 4.79 Å². The molecule has 0 aliphatic heterocycles. The van der Waals surface area contributed by atoms with Crippen molar-refractivity contribution in [2.24, 2.45) is 11.3 Å². The van der Waals surface area contributed by atoms with E-state index in [0.717, 1.165) is 25.4 Å². The number of unbranched alkanes of at least 4 members (excludes halogenated alkanes) is 2. The molecule has 3 nitrogen and oxygen atoms in total. The van der Waals surface area contributed by atoms with E-state index in [1.165, 1.54) is 31.2 Å². The molecule has 0 amide bonds. The number of hydrogen-bond acceptors (Lipinski definition) is 3. The number of rotatable bonds is 7. The van der Waals surface area contributed by atoms with Gasteiger partial charge in [0.15, 0.2) is 0 Å². The molecule has 3 heteroatoms. The SMILES string of the molecule is CCCCCc1ccc(C(=O)OO[C]2CC(C)CC(C)(C)C2)cc1. The molecule has 0 bridgehead atoms. The van der Waals surface area contributed by atoms with Crippen molar-refractivity contribution in [3.8, 4) is 0 Å². The number of carbonyl (C=O) groups is 1. The van der Waals surface area contributed by atoms with Gasteiger partial charge in [0.25, 0.3) is 0 Å². The fourth-order valence-electron chi connectivity index (χ4n) is 3.68. The molecule has 0 spiro atoms. The molecule has 0 saturated heterocycles. The molecule has 1 saturated carbocycles. The predicted molar refractivity (Wildman–Crippen MR) is 96.2 cm³/mol. The fraction of sp³-hybridized carbons (Fsp3) is 0.619. The standard InChI is InChI=1S/C21H31O3/c1-5-6-7-8-17-9-11-18(12-10-17)20(22)24-23-19-13-16(2)14-21(3,4)15-19/h9-12,16H,5-8,13-15H2,1-4H3. The van der Waals surface area contributed by atoms with E-state index in [2.05, 4.69) is 27.7 Å². The zero-order chi connectivity index (χ0) is 17.6. The summed E-state index contributed by atoms with van der Waals surface area (Å²) in [7, 11) is 0. The van der Waals surface area contributed by atoms with E-state index in [1.54, 1.807) is 0 Å². The van der Waals surface area contributed by atoms with Crippen molar-refractivity contribution in [2.45, 2.75) is 72.6 Å². The third-order valence-electron chi connectivity index (χ3n) is 4.65. The van der Waals surface area contributed by atoms with Crippen molar-refractivity contribution >= 4 is 5.97 Å². The van der Waals surface area contributed by atoms with Crippen LogP contribution in [0.2, 0.25) is 0 Å². The Morgan fingerprint density at radius 2 is 1.92 bits per heavy atom. The Hall–Kier alpha value is -1.35. The average Bonchev–Trinajstić information content (AvgIpc) is 2.51. The van der Waals surface area contributed by atoms with E-state index in [0.29, 0.717) is 11.5 Å². The van der Waals surface area contributed by atoms with Crippen LogP contribution in [0.25, 0.3) is 0 Å². The van der Waals surface area contributed by atoms with Crippen LogP contribution in [0.1, 0.15) is 82.1 Å². The number of benzene rings is 1. The molecule has 24 heavy (non-hydrogen) atoms. The van der Waals surface area contributed by atoms with Crippen molar-refractivity contribution in [3.05, 3.63) is 41.5 Å². The summed E-state index contributed by atoms with van der Waals surface area (Å²) in [6.07, 6.45) is 8.48. The summed E-state index contributed by atoms with van der Waals surface area (Å²) in [5, 5.41) is 0. The highest BCUT2D eigenvalue weighted by Gasteiger charge is 2.34. The highest BCUT2D eigenvalue weighted by atomic mass is 17.2. The maximum Gasteiger partial charge on any atom is 0.373 e. The van der Waals surface area contributed by atoms with Gasteiger partial charge in [-0.2, -0.15) is 4.89 Å². The highest BCUT2D eigenvalue weighted by Crippen LogP contribution is 2.43. The molecular formula is C21H31O3.